The zero-order valence-electron chi connectivity index (χ0n) is 15.4. The van der Waals surface area contributed by atoms with Crippen LogP contribution in [-0.4, -0.2) is 72.5 Å². The molecule has 0 radical (unpaired) electrons. The van der Waals surface area contributed by atoms with Crippen LogP contribution in [0.1, 0.15) is 23.2 Å². The van der Waals surface area contributed by atoms with Gasteiger partial charge in [0.05, 0.1) is 0 Å². The second-order valence-corrected chi connectivity index (χ2v) is 6.58. The van der Waals surface area contributed by atoms with Crippen molar-refractivity contribution in [2.45, 2.75) is 12.8 Å². The number of amides is 4. The molecule has 4 amide bonds. The van der Waals surface area contributed by atoms with Gasteiger partial charge in [0.2, 0.25) is 5.91 Å². The van der Waals surface area contributed by atoms with E-state index in [-0.39, 0.29) is 17.9 Å². The van der Waals surface area contributed by atoms with Crippen LogP contribution in [0.2, 0.25) is 0 Å². The molecule has 1 heterocycles. The number of rotatable bonds is 5. The van der Waals surface area contributed by atoms with Crippen LogP contribution in [0.4, 0.5) is 10.5 Å². The van der Waals surface area contributed by atoms with Gasteiger partial charge in [0.1, 0.15) is 6.54 Å². The fraction of sp³-hybridized carbons (Fsp3) is 0.444. The molecule has 3 N–H and O–H groups in total. The van der Waals surface area contributed by atoms with Crippen molar-refractivity contribution >= 4 is 29.5 Å². The molecule has 27 heavy (non-hydrogen) atoms. The van der Waals surface area contributed by atoms with E-state index in [2.05, 4.69) is 10.6 Å². The first-order valence-electron chi connectivity index (χ1n) is 8.65. The summed E-state index contributed by atoms with van der Waals surface area (Å²) in [5, 5.41) is 13.7. The summed E-state index contributed by atoms with van der Waals surface area (Å²) in [7, 11) is 3.40. The van der Waals surface area contributed by atoms with E-state index in [1.54, 1.807) is 31.1 Å². The van der Waals surface area contributed by atoms with Crippen LogP contribution < -0.4 is 10.6 Å². The molecule has 0 saturated carbocycles. The van der Waals surface area contributed by atoms with Crippen LogP contribution >= 0.6 is 0 Å². The smallest absolute Gasteiger partial charge is 0.322 e. The van der Waals surface area contributed by atoms with Crippen LogP contribution in [-0.2, 0) is 9.59 Å². The number of urea groups is 1. The summed E-state index contributed by atoms with van der Waals surface area (Å²) in [5.74, 6) is -1.90. The molecule has 0 aromatic heterocycles. The van der Waals surface area contributed by atoms with E-state index in [9.17, 15) is 19.2 Å². The van der Waals surface area contributed by atoms with Crippen LogP contribution in [0.3, 0.4) is 0 Å². The summed E-state index contributed by atoms with van der Waals surface area (Å²) in [6.07, 6.45) is 1.20. The molecule has 1 aromatic carbocycles. The van der Waals surface area contributed by atoms with Gasteiger partial charge in [-0.2, -0.15) is 0 Å². The quantitative estimate of drug-likeness (QED) is 0.703. The van der Waals surface area contributed by atoms with Gasteiger partial charge < -0.3 is 25.5 Å². The Hall–Kier alpha value is -3.10. The number of anilines is 1. The number of nitrogens with one attached hydrogen (secondary N) is 2. The van der Waals surface area contributed by atoms with Gasteiger partial charge in [-0.15, -0.1) is 0 Å². The first-order chi connectivity index (χ1) is 12.8. The van der Waals surface area contributed by atoms with Crippen molar-refractivity contribution < 1.29 is 24.3 Å². The summed E-state index contributed by atoms with van der Waals surface area (Å²) >= 11 is 0. The summed E-state index contributed by atoms with van der Waals surface area (Å²) in [4.78, 5) is 49.8. The molecule has 0 bridgehead atoms. The SMILES string of the molecule is CN(C)C(=O)N1CCC(C(=O)Nc2ccc(C(=O)NCC(=O)O)cc2)CC1. The van der Waals surface area contributed by atoms with Crippen LogP contribution in [0.25, 0.3) is 0 Å². The van der Waals surface area contributed by atoms with Crippen molar-refractivity contribution in [1.29, 1.82) is 0 Å². The third kappa shape index (κ3) is 5.70. The zero-order valence-corrected chi connectivity index (χ0v) is 15.4. The fourth-order valence-corrected chi connectivity index (χ4v) is 2.82. The highest BCUT2D eigenvalue weighted by Gasteiger charge is 2.28. The van der Waals surface area contributed by atoms with Crippen LogP contribution in [0.5, 0.6) is 0 Å². The first kappa shape index (κ1) is 20.2. The van der Waals surface area contributed by atoms with Crippen molar-refractivity contribution in [1.82, 2.24) is 15.1 Å². The van der Waals surface area contributed by atoms with E-state index in [0.717, 1.165) is 0 Å². The number of carboxylic acids is 1. The van der Waals surface area contributed by atoms with Crippen LogP contribution in [0, 0.1) is 5.92 Å². The molecule has 1 aliphatic heterocycles. The molecule has 2 rings (SSSR count). The minimum atomic E-state index is -1.12. The van der Waals surface area contributed by atoms with Gasteiger partial charge in [0.15, 0.2) is 0 Å². The van der Waals surface area contributed by atoms with Gasteiger partial charge in [-0.25, -0.2) is 4.79 Å². The number of hydrogen-bond donors (Lipinski definition) is 3. The predicted molar refractivity (Wildman–Crippen MR) is 98.4 cm³/mol. The van der Waals surface area contributed by atoms with Crippen molar-refractivity contribution in [2.75, 3.05) is 39.0 Å². The molecule has 0 atom stereocenters. The standard InChI is InChI=1S/C18H24N4O5/c1-21(2)18(27)22-9-7-13(8-10-22)17(26)20-14-5-3-12(4-6-14)16(25)19-11-15(23)24/h3-6,13H,7-11H2,1-2H3,(H,19,25)(H,20,26)(H,23,24). The maximum atomic E-state index is 12.4. The molecule has 0 spiro atoms. The third-order valence-corrected chi connectivity index (χ3v) is 4.33. The molecule has 0 aliphatic carbocycles. The molecule has 1 aliphatic rings. The number of carboxylic acid groups (broad SMARTS) is 1. The zero-order chi connectivity index (χ0) is 20.0. The number of hydrogen-bond acceptors (Lipinski definition) is 4. The van der Waals surface area contributed by atoms with E-state index in [4.69, 9.17) is 5.11 Å². The predicted octanol–water partition coefficient (Wildman–Crippen LogP) is 0.833. The van der Waals surface area contributed by atoms with Gasteiger partial charge in [-0.1, -0.05) is 0 Å². The molecule has 0 unspecified atom stereocenters. The monoisotopic (exact) mass is 376 g/mol. The number of likely N-dealkylation sites (tertiary alicyclic amines) is 1. The van der Waals surface area contributed by atoms with Crippen molar-refractivity contribution in [2.24, 2.45) is 5.92 Å². The van der Waals surface area contributed by atoms with E-state index >= 15 is 0 Å². The second-order valence-electron chi connectivity index (χ2n) is 6.58. The molecule has 1 fully saturated rings. The Kier molecular flexibility index (Phi) is 6.75. The molecule has 146 valence electrons. The van der Waals surface area contributed by atoms with E-state index in [1.165, 1.54) is 17.0 Å². The van der Waals surface area contributed by atoms with E-state index in [0.29, 0.717) is 37.2 Å². The number of piperidine rings is 1. The highest BCUT2D eigenvalue weighted by atomic mass is 16.4. The summed E-state index contributed by atoms with van der Waals surface area (Å²) in [5.41, 5.74) is 0.867. The second kappa shape index (κ2) is 9.02. The van der Waals surface area contributed by atoms with E-state index in [1.807, 2.05) is 0 Å². The average Bonchev–Trinajstić information content (AvgIpc) is 2.66. The lowest BCUT2D eigenvalue weighted by Gasteiger charge is -2.33. The number of aliphatic carboxylic acids is 1. The largest absolute Gasteiger partial charge is 0.480 e. The molecule has 1 saturated heterocycles. The number of carbonyl (C=O) groups excluding carboxylic acids is 3. The average molecular weight is 376 g/mol. The van der Waals surface area contributed by atoms with Crippen LogP contribution in [0.15, 0.2) is 24.3 Å². The fourth-order valence-electron chi connectivity index (χ4n) is 2.82. The third-order valence-electron chi connectivity index (χ3n) is 4.33. The lowest BCUT2D eigenvalue weighted by Crippen LogP contribution is -2.45. The minimum absolute atomic E-state index is 0.0504. The Labute approximate surface area is 157 Å². The van der Waals surface area contributed by atoms with Crippen molar-refractivity contribution in [3.05, 3.63) is 29.8 Å². The Morgan fingerprint density at radius 3 is 2.22 bits per heavy atom. The van der Waals surface area contributed by atoms with Gasteiger partial charge in [0, 0.05) is 44.4 Å². The Morgan fingerprint density at radius 2 is 1.70 bits per heavy atom. The molecular weight excluding hydrogens is 352 g/mol. The maximum absolute atomic E-state index is 12.4. The number of nitrogens with zero attached hydrogens (tertiary/aromatic N) is 2. The van der Waals surface area contributed by atoms with Crippen molar-refractivity contribution in [3.63, 3.8) is 0 Å². The Bertz CT molecular complexity index is 709. The molecule has 1 aromatic rings. The lowest BCUT2D eigenvalue weighted by molar-refractivity contribution is -0.135. The molecule has 9 nitrogen and oxygen atoms in total. The normalized spacial score (nSPS) is 14.4. The minimum Gasteiger partial charge on any atom is -0.480 e. The summed E-state index contributed by atoms with van der Waals surface area (Å²) in [6.45, 7) is 0.627. The van der Waals surface area contributed by atoms with Gasteiger partial charge in [0.25, 0.3) is 5.91 Å². The topological polar surface area (TPSA) is 119 Å². The first-order valence-corrected chi connectivity index (χ1v) is 8.65. The number of carbonyl (C=O) groups is 4. The van der Waals surface area contributed by atoms with Gasteiger partial charge >= 0.3 is 12.0 Å². The lowest BCUT2D eigenvalue weighted by atomic mass is 9.96. The molecule has 9 heteroatoms. The number of benzene rings is 1. The molecular formula is C18H24N4O5. The van der Waals surface area contributed by atoms with Gasteiger partial charge in [-0.3, -0.25) is 14.4 Å². The van der Waals surface area contributed by atoms with E-state index < -0.39 is 18.4 Å². The highest BCUT2D eigenvalue weighted by Crippen LogP contribution is 2.20. The van der Waals surface area contributed by atoms with Gasteiger partial charge in [-0.05, 0) is 37.1 Å². The Morgan fingerprint density at radius 1 is 1.11 bits per heavy atom. The highest BCUT2D eigenvalue weighted by molar-refractivity contribution is 5.97. The Balaban J connectivity index is 1.85. The maximum Gasteiger partial charge on any atom is 0.322 e. The van der Waals surface area contributed by atoms with Crippen molar-refractivity contribution in [3.8, 4) is 0 Å². The summed E-state index contributed by atoms with van der Waals surface area (Å²) < 4.78 is 0. The summed E-state index contributed by atoms with van der Waals surface area (Å²) in [6, 6.07) is 6.18.